The number of fused-ring (bicyclic) bond motifs is 2. The molecule has 0 bridgehead atoms. The summed E-state index contributed by atoms with van der Waals surface area (Å²) in [5.74, 6) is 0.461. The number of rotatable bonds is 9. The summed E-state index contributed by atoms with van der Waals surface area (Å²) in [5.41, 5.74) is 2.14. The third kappa shape index (κ3) is 5.74. The number of nitrogens with zero attached hydrogens (tertiary/aromatic N) is 3. The van der Waals surface area contributed by atoms with Crippen molar-refractivity contribution in [3.63, 3.8) is 0 Å². The lowest BCUT2D eigenvalue weighted by Gasteiger charge is -2.37. The summed E-state index contributed by atoms with van der Waals surface area (Å²) in [6.07, 6.45) is 1.32. The molecule has 10 nitrogen and oxygen atoms in total. The van der Waals surface area contributed by atoms with E-state index in [1.807, 2.05) is 70.5 Å². The highest BCUT2D eigenvalue weighted by Gasteiger charge is 2.66. The summed E-state index contributed by atoms with van der Waals surface area (Å²) in [7, 11) is -0.760. The Hall–Kier alpha value is -4.03. The number of para-hydroxylation sites is 1. The highest BCUT2D eigenvalue weighted by atomic mass is 28.3. The molecule has 3 aromatic rings. The van der Waals surface area contributed by atoms with Crippen LogP contribution in [0.15, 0.2) is 72.8 Å². The molecule has 3 fully saturated rings. The quantitative estimate of drug-likeness (QED) is 0.328. The molecule has 0 aliphatic carbocycles. The van der Waals surface area contributed by atoms with E-state index in [1.54, 1.807) is 12.0 Å². The standard InChI is InChI=1S/C39H48N4O6Si/c1-26-37(50(3,4)31-17-15-30(48-2)16-18-31)34(22-35(45)41-20-7-8-29(41)25-44)49-39(26)32-9-5-6-10-33(32)43(38(39)47)24-27-11-13-28(14-12-27)42-21-19-40-23-36(42)46/h5-6,9-18,26,29,34,37,40,44H,7-8,19-25H2,1-4H3/t26-,29+,34+,37-,39+/m1/s1. The molecule has 0 saturated carbocycles. The maximum Gasteiger partial charge on any atom is 0.264 e. The number of ether oxygens (including phenoxy) is 2. The molecular weight excluding hydrogens is 649 g/mol. The Kier molecular flexibility index (Phi) is 9.36. The van der Waals surface area contributed by atoms with Crippen molar-refractivity contribution in [1.82, 2.24) is 10.2 Å². The molecule has 50 heavy (non-hydrogen) atoms. The van der Waals surface area contributed by atoms with Crippen LogP contribution in [0.25, 0.3) is 0 Å². The first-order valence-electron chi connectivity index (χ1n) is 17.8. The van der Waals surface area contributed by atoms with Crippen molar-refractivity contribution in [1.29, 1.82) is 0 Å². The fourth-order valence-corrected chi connectivity index (χ4v) is 13.1. The van der Waals surface area contributed by atoms with E-state index in [0.717, 1.165) is 47.6 Å². The summed E-state index contributed by atoms with van der Waals surface area (Å²) in [4.78, 5) is 47.0. The summed E-state index contributed by atoms with van der Waals surface area (Å²) >= 11 is 0. The molecule has 0 aromatic heterocycles. The minimum absolute atomic E-state index is 0.0287. The molecule has 0 unspecified atom stereocenters. The van der Waals surface area contributed by atoms with E-state index in [2.05, 4.69) is 37.5 Å². The van der Waals surface area contributed by atoms with Crippen LogP contribution in [0, 0.1) is 5.92 Å². The van der Waals surface area contributed by atoms with Gasteiger partial charge in [0.25, 0.3) is 5.91 Å². The van der Waals surface area contributed by atoms with Crippen molar-refractivity contribution in [3.05, 3.63) is 83.9 Å². The first kappa shape index (κ1) is 34.4. The van der Waals surface area contributed by atoms with E-state index in [1.165, 1.54) is 5.19 Å². The Morgan fingerprint density at radius 2 is 1.78 bits per heavy atom. The SMILES string of the molecule is COc1ccc([Si](C)(C)[C@H]2[C@H](CC(=O)N3CCC[C@H]3CO)O[C@@]3(C(=O)N(Cc4ccc(N5CCNCC5=O)cc4)c4ccccc43)[C@@H]2C)cc1. The van der Waals surface area contributed by atoms with Crippen molar-refractivity contribution in [2.45, 2.75) is 69.1 Å². The number of amides is 3. The van der Waals surface area contributed by atoms with Gasteiger partial charge in [-0.2, -0.15) is 0 Å². The van der Waals surface area contributed by atoms with Crippen LogP contribution >= 0.6 is 0 Å². The van der Waals surface area contributed by atoms with E-state index in [4.69, 9.17) is 9.47 Å². The van der Waals surface area contributed by atoms with Crippen molar-refractivity contribution in [2.75, 3.05) is 49.7 Å². The largest absolute Gasteiger partial charge is 0.497 e. The predicted octanol–water partition coefficient (Wildman–Crippen LogP) is 3.77. The molecule has 3 amide bonds. The van der Waals surface area contributed by atoms with Gasteiger partial charge in [-0.25, -0.2) is 0 Å². The molecule has 4 heterocycles. The van der Waals surface area contributed by atoms with Crippen LogP contribution in [0.3, 0.4) is 0 Å². The van der Waals surface area contributed by atoms with Gasteiger partial charge in [0, 0.05) is 36.8 Å². The number of likely N-dealkylation sites (tertiary alicyclic amines) is 1. The van der Waals surface area contributed by atoms with Crippen molar-refractivity contribution in [2.24, 2.45) is 5.92 Å². The lowest BCUT2D eigenvalue weighted by Crippen LogP contribution is -2.52. The van der Waals surface area contributed by atoms with Gasteiger partial charge in [-0.15, -0.1) is 0 Å². The highest BCUT2D eigenvalue weighted by Crippen LogP contribution is 2.60. The number of benzene rings is 3. The van der Waals surface area contributed by atoms with E-state index in [9.17, 15) is 14.7 Å². The van der Waals surface area contributed by atoms with Crippen molar-refractivity contribution in [3.8, 4) is 5.75 Å². The number of anilines is 2. The van der Waals surface area contributed by atoms with Crippen molar-refractivity contribution >= 4 is 42.4 Å². The Morgan fingerprint density at radius 3 is 2.48 bits per heavy atom. The van der Waals surface area contributed by atoms with Gasteiger partial charge in [-0.1, -0.05) is 67.7 Å². The second kappa shape index (κ2) is 13.6. The van der Waals surface area contributed by atoms with E-state index in [-0.39, 0.29) is 48.3 Å². The topological polar surface area (TPSA) is 112 Å². The Morgan fingerprint density at radius 1 is 1.04 bits per heavy atom. The number of aliphatic hydroxyl groups excluding tert-OH is 1. The fraction of sp³-hybridized carbons (Fsp3) is 0.462. The van der Waals surface area contributed by atoms with Gasteiger partial charge in [-0.3, -0.25) is 14.4 Å². The monoisotopic (exact) mass is 696 g/mol. The van der Waals surface area contributed by atoms with Crippen LogP contribution in [-0.2, 0) is 31.3 Å². The number of methoxy groups -OCH3 is 1. The highest BCUT2D eigenvalue weighted by molar-refractivity contribution is 6.91. The second-order valence-corrected chi connectivity index (χ2v) is 19.4. The van der Waals surface area contributed by atoms with Crippen LogP contribution in [0.4, 0.5) is 11.4 Å². The summed E-state index contributed by atoms with van der Waals surface area (Å²) in [5, 5.41) is 14.3. The molecule has 4 aliphatic heterocycles. The maximum absolute atomic E-state index is 15.0. The fourth-order valence-electron chi connectivity index (χ4n) is 9.11. The molecule has 4 aliphatic rings. The van der Waals surface area contributed by atoms with Crippen LogP contribution in [-0.4, -0.2) is 87.8 Å². The molecule has 5 atom stereocenters. The molecule has 0 radical (unpaired) electrons. The average Bonchev–Trinajstić information content (AvgIpc) is 3.79. The number of carbonyl (C=O) groups excluding carboxylic acids is 3. The minimum atomic E-state index is -2.42. The zero-order valence-electron chi connectivity index (χ0n) is 29.4. The third-order valence-corrected chi connectivity index (χ3v) is 16.1. The van der Waals surface area contributed by atoms with Gasteiger partial charge in [0.2, 0.25) is 11.8 Å². The predicted molar refractivity (Wildman–Crippen MR) is 195 cm³/mol. The van der Waals surface area contributed by atoms with Crippen LogP contribution in [0.5, 0.6) is 5.75 Å². The van der Waals surface area contributed by atoms with Crippen LogP contribution in [0.2, 0.25) is 18.6 Å². The number of nitrogens with one attached hydrogen (secondary N) is 1. The summed E-state index contributed by atoms with van der Waals surface area (Å²) in [6.45, 7) is 9.38. The normalized spacial score (nSPS) is 26.6. The molecule has 2 N–H and O–H groups in total. The third-order valence-electron chi connectivity index (χ3n) is 11.7. The zero-order valence-corrected chi connectivity index (χ0v) is 30.4. The Labute approximate surface area is 295 Å². The van der Waals surface area contributed by atoms with Gasteiger partial charge < -0.3 is 34.6 Å². The smallest absolute Gasteiger partial charge is 0.264 e. The average molecular weight is 697 g/mol. The van der Waals surface area contributed by atoms with Gasteiger partial charge in [-0.05, 0) is 54.3 Å². The van der Waals surface area contributed by atoms with Gasteiger partial charge in [0.05, 0.1) is 59.1 Å². The maximum atomic E-state index is 15.0. The van der Waals surface area contributed by atoms with Crippen molar-refractivity contribution < 1.29 is 29.0 Å². The Balaban J connectivity index is 1.24. The number of carbonyl (C=O) groups is 3. The van der Waals surface area contributed by atoms with E-state index >= 15 is 4.79 Å². The molecule has 3 saturated heterocycles. The molecule has 3 aromatic carbocycles. The number of piperazine rings is 1. The van der Waals surface area contributed by atoms with Gasteiger partial charge in [0.15, 0.2) is 5.60 Å². The van der Waals surface area contributed by atoms with Crippen LogP contribution in [0.1, 0.15) is 37.3 Å². The zero-order chi connectivity index (χ0) is 35.2. The first-order chi connectivity index (χ1) is 24.1. The molecule has 11 heteroatoms. The van der Waals surface area contributed by atoms with Gasteiger partial charge in [0.1, 0.15) is 5.75 Å². The van der Waals surface area contributed by atoms with E-state index < -0.39 is 19.8 Å². The number of hydrogen-bond acceptors (Lipinski definition) is 7. The van der Waals surface area contributed by atoms with Gasteiger partial charge >= 0.3 is 0 Å². The summed E-state index contributed by atoms with van der Waals surface area (Å²) in [6, 6.07) is 23.8. The second-order valence-electron chi connectivity index (χ2n) is 14.7. The lowest BCUT2D eigenvalue weighted by molar-refractivity contribution is -0.150. The minimum Gasteiger partial charge on any atom is -0.497 e. The lowest BCUT2D eigenvalue weighted by atomic mass is 9.82. The van der Waals surface area contributed by atoms with Crippen LogP contribution < -0.4 is 25.0 Å². The summed E-state index contributed by atoms with van der Waals surface area (Å²) < 4.78 is 12.6. The number of hydrogen-bond donors (Lipinski definition) is 2. The molecule has 264 valence electrons. The van der Waals surface area contributed by atoms with E-state index in [0.29, 0.717) is 26.2 Å². The number of aliphatic hydroxyl groups is 1. The Bertz CT molecular complexity index is 1750. The first-order valence-corrected chi connectivity index (χ1v) is 20.9. The molecule has 7 rings (SSSR count). The molecule has 1 spiro atoms. The molecular formula is C39H48N4O6Si.